The fourth-order valence-corrected chi connectivity index (χ4v) is 2.61. The third kappa shape index (κ3) is 4.35. The van der Waals surface area contributed by atoms with E-state index in [4.69, 9.17) is 0 Å². The summed E-state index contributed by atoms with van der Waals surface area (Å²) in [5, 5.41) is 12.5. The molecule has 3 N–H and O–H groups in total. The molecule has 1 fully saturated rings. The van der Waals surface area contributed by atoms with Crippen LogP contribution in [-0.4, -0.2) is 53.2 Å². The quantitative estimate of drug-likeness (QED) is 0.684. The maximum atomic E-state index is 11.9. The van der Waals surface area contributed by atoms with Gasteiger partial charge >= 0.3 is 0 Å². The second kappa shape index (κ2) is 7.45. The van der Waals surface area contributed by atoms with Crippen molar-refractivity contribution in [2.75, 3.05) is 26.2 Å². The number of likely N-dealkylation sites (tertiary alicyclic amines) is 1. The average Bonchev–Trinajstić information content (AvgIpc) is 2.92. The Balaban J connectivity index is 1.64. The Kier molecular flexibility index (Phi) is 5.61. The summed E-state index contributed by atoms with van der Waals surface area (Å²) in [6.45, 7) is 5.49. The van der Waals surface area contributed by atoms with E-state index in [1.54, 1.807) is 0 Å². The number of rotatable bonds is 6. The van der Waals surface area contributed by atoms with Crippen LogP contribution in [0, 0.1) is 0 Å². The van der Waals surface area contributed by atoms with Crippen molar-refractivity contribution in [2.24, 2.45) is 0 Å². The van der Waals surface area contributed by atoms with Crippen molar-refractivity contribution in [2.45, 2.75) is 38.7 Å². The maximum absolute atomic E-state index is 11.9. The molecular weight excluding hydrogens is 254 g/mol. The molecule has 1 atom stereocenters. The van der Waals surface area contributed by atoms with E-state index in [-0.39, 0.29) is 12.0 Å². The second-order valence-corrected chi connectivity index (χ2v) is 5.46. The molecule has 0 saturated carbocycles. The molecule has 1 saturated heterocycles. The van der Waals surface area contributed by atoms with E-state index in [2.05, 4.69) is 22.1 Å². The number of hydrogen-bond donors (Lipinski definition) is 3. The van der Waals surface area contributed by atoms with E-state index in [0.29, 0.717) is 12.2 Å². The van der Waals surface area contributed by atoms with E-state index < -0.39 is 0 Å². The van der Waals surface area contributed by atoms with Crippen LogP contribution < -0.4 is 5.32 Å². The summed E-state index contributed by atoms with van der Waals surface area (Å²) in [6, 6.07) is 3.78. The van der Waals surface area contributed by atoms with Gasteiger partial charge in [-0.1, -0.05) is 6.92 Å². The number of aliphatic hydroxyl groups excluding tert-OH is 1. The van der Waals surface area contributed by atoms with Crippen LogP contribution in [0.2, 0.25) is 0 Å². The number of β-amino-alcohol motifs (C(OH)–C–C–N with tert-alkyl or cyclic N) is 1. The van der Waals surface area contributed by atoms with E-state index in [0.717, 1.165) is 51.0 Å². The van der Waals surface area contributed by atoms with E-state index in [1.165, 1.54) is 0 Å². The lowest BCUT2D eigenvalue weighted by molar-refractivity contribution is 0.0697. The Morgan fingerprint density at radius 3 is 3.10 bits per heavy atom. The van der Waals surface area contributed by atoms with Crippen molar-refractivity contribution in [3.05, 3.63) is 23.5 Å². The van der Waals surface area contributed by atoms with E-state index >= 15 is 0 Å². The first-order valence-corrected chi connectivity index (χ1v) is 7.55. The van der Waals surface area contributed by atoms with Crippen molar-refractivity contribution >= 4 is 5.91 Å². The zero-order valence-corrected chi connectivity index (χ0v) is 12.2. The van der Waals surface area contributed by atoms with Gasteiger partial charge in [0, 0.05) is 18.8 Å². The Bertz CT molecular complexity index is 431. The number of aromatic amines is 1. The molecule has 0 spiro atoms. The summed E-state index contributed by atoms with van der Waals surface area (Å²) < 4.78 is 0. The smallest absolute Gasteiger partial charge is 0.267 e. The van der Waals surface area contributed by atoms with Gasteiger partial charge in [-0.15, -0.1) is 0 Å². The Morgan fingerprint density at radius 2 is 2.40 bits per heavy atom. The van der Waals surface area contributed by atoms with Gasteiger partial charge in [0.1, 0.15) is 5.69 Å². The minimum atomic E-state index is -0.176. The largest absolute Gasteiger partial charge is 0.392 e. The van der Waals surface area contributed by atoms with Crippen molar-refractivity contribution in [3.63, 3.8) is 0 Å². The predicted octanol–water partition coefficient (Wildman–Crippen LogP) is 1.15. The number of piperidine rings is 1. The second-order valence-electron chi connectivity index (χ2n) is 5.46. The molecule has 5 heteroatoms. The summed E-state index contributed by atoms with van der Waals surface area (Å²) in [6.07, 6.45) is 3.63. The lowest BCUT2D eigenvalue weighted by atomic mass is 10.1. The van der Waals surface area contributed by atoms with Crippen LogP contribution in [0.5, 0.6) is 0 Å². The Labute approximate surface area is 120 Å². The molecule has 0 aliphatic carbocycles. The van der Waals surface area contributed by atoms with Gasteiger partial charge in [-0.2, -0.15) is 0 Å². The topological polar surface area (TPSA) is 68.4 Å². The summed E-state index contributed by atoms with van der Waals surface area (Å²) >= 11 is 0. The molecule has 1 aliphatic heterocycles. The van der Waals surface area contributed by atoms with Gasteiger partial charge < -0.3 is 20.3 Å². The Hall–Kier alpha value is -1.33. The van der Waals surface area contributed by atoms with E-state index in [9.17, 15) is 9.90 Å². The van der Waals surface area contributed by atoms with Gasteiger partial charge in [-0.3, -0.25) is 4.79 Å². The van der Waals surface area contributed by atoms with Crippen LogP contribution in [0.4, 0.5) is 0 Å². The van der Waals surface area contributed by atoms with Crippen LogP contribution >= 0.6 is 0 Å². The number of aromatic nitrogens is 1. The number of hydrogen-bond acceptors (Lipinski definition) is 3. The van der Waals surface area contributed by atoms with Crippen molar-refractivity contribution < 1.29 is 9.90 Å². The number of nitrogens with one attached hydrogen (secondary N) is 2. The first-order valence-electron chi connectivity index (χ1n) is 7.55. The molecule has 1 amide bonds. The zero-order valence-electron chi connectivity index (χ0n) is 12.2. The number of carbonyl (C=O) groups is 1. The molecule has 2 rings (SSSR count). The number of carbonyl (C=O) groups excluding carboxylic acids is 1. The molecule has 0 radical (unpaired) electrons. The first-order chi connectivity index (χ1) is 9.69. The highest BCUT2D eigenvalue weighted by molar-refractivity contribution is 5.92. The van der Waals surface area contributed by atoms with Crippen LogP contribution in [-0.2, 0) is 6.42 Å². The predicted molar refractivity (Wildman–Crippen MR) is 78.8 cm³/mol. The normalized spacial score (nSPS) is 20.0. The van der Waals surface area contributed by atoms with Gasteiger partial charge in [-0.25, -0.2) is 0 Å². The Morgan fingerprint density at radius 1 is 1.55 bits per heavy atom. The molecule has 0 unspecified atom stereocenters. The number of aryl methyl sites for hydroxylation is 1. The van der Waals surface area contributed by atoms with Crippen molar-refractivity contribution in [1.82, 2.24) is 15.2 Å². The summed E-state index contributed by atoms with van der Waals surface area (Å²) in [5.41, 5.74) is 1.72. The molecule has 5 nitrogen and oxygen atoms in total. The van der Waals surface area contributed by atoms with Gasteiger partial charge in [0.05, 0.1) is 6.10 Å². The highest BCUT2D eigenvalue weighted by Gasteiger charge is 2.16. The number of H-pyrrole nitrogens is 1. The number of amides is 1. The third-order valence-corrected chi connectivity index (χ3v) is 3.79. The van der Waals surface area contributed by atoms with Gasteiger partial charge in [0.15, 0.2) is 0 Å². The zero-order chi connectivity index (χ0) is 14.4. The van der Waals surface area contributed by atoms with Gasteiger partial charge in [0.25, 0.3) is 5.91 Å². The average molecular weight is 279 g/mol. The molecule has 0 aromatic carbocycles. The molecule has 112 valence electrons. The monoisotopic (exact) mass is 279 g/mol. The van der Waals surface area contributed by atoms with Gasteiger partial charge in [-0.05, 0) is 50.9 Å². The maximum Gasteiger partial charge on any atom is 0.267 e. The highest BCUT2D eigenvalue weighted by atomic mass is 16.3. The van der Waals surface area contributed by atoms with Crippen LogP contribution in [0.1, 0.15) is 42.4 Å². The summed E-state index contributed by atoms with van der Waals surface area (Å²) in [5.74, 6) is -0.0385. The standard InChI is InChI=1S/C15H25N3O2/c1-2-12-6-7-14(17-12)15(20)16-8-4-10-18-9-3-5-13(19)11-18/h6-7,13,17,19H,2-5,8-11H2,1H3,(H,16,20)/t13-/m0/s1. The SMILES string of the molecule is CCc1ccc(C(=O)NCCCN2CCC[C@H](O)C2)[nH]1. The van der Waals surface area contributed by atoms with Crippen LogP contribution in [0.25, 0.3) is 0 Å². The summed E-state index contributed by atoms with van der Waals surface area (Å²) in [7, 11) is 0. The first kappa shape index (κ1) is 15.1. The lowest BCUT2D eigenvalue weighted by Gasteiger charge is -2.29. The molecule has 1 aromatic rings. The molecule has 1 aromatic heterocycles. The van der Waals surface area contributed by atoms with E-state index in [1.807, 2.05) is 12.1 Å². The third-order valence-electron chi connectivity index (χ3n) is 3.79. The molecule has 20 heavy (non-hydrogen) atoms. The number of aliphatic hydroxyl groups is 1. The fraction of sp³-hybridized carbons (Fsp3) is 0.667. The fourth-order valence-electron chi connectivity index (χ4n) is 2.61. The molecular formula is C15H25N3O2. The van der Waals surface area contributed by atoms with Crippen LogP contribution in [0.15, 0.2) is 12.1 Å². The number of nitrogens with zero attached hydrogens (tertiary/aromatic N) is 1. The van der Waals surface area contributed by atoms with Crippen molar-refractivity contribution in [1.29, 1.82) is 0 Å². The molecule has 0 bridgehead atoms. The van der Waals surface area contributed by atoms with Crippen molar-refractivity contribution in [3.8, 4) is 0 Å². The molecule has 2 heterocycles. The molecule has 1 aliphatic rings. The minimum absolute atomic E-state index is 0.0385. The lowest BCUT2D eigenvalue weighted by Crippen LogP contribution is -2.39. The van der Waals surface area contributed by atoms with Gasteiger partial charge in [0.2, 0.25) is 0 Å². The highest BCUT2D eigenvalue weighted by Crippen LogP contribution is 2.09. The summed E-state index contributed by atoms with van der Waals surface area (Å²) in [4.78, 5) is 17.3. The van der Waals surface area contributed by atoms with Crippen LogP contribution in [0.3, 0.4) is 0 Å². The minimum Gasteiger partial charge on any atom is -0.392 e.